The minimum absolute atomic E-state index is 0.263. The molecule has 24 heavy (non-hydrogen) atoms. The van der Waals surface area contributed by atoms with Crippen LogP contribution in [0, 0.1) is 6.92 Å². The van der Waals surface area contributed by atoms with Gasteiger partial charge in [0.2, 0.25) is 0 Å². The lowest BCUT2D eigenvalue weighted by Crippen LogP contribution is -2.45. The van der Waals surface area contributed by atoms with Crippen molar-refractivity contribution in [1.82, 2.24) is 21.2 Å². The summed E-state index contributed by atoms with van der Waals surface area (Å²) in [7, 11) is 1.68. The predicted octanol–water partition coefficient (Wildman–Crippen LogP) is 3.01. The highest BCUT2D eigenvalue weighted by Gasteiger charge is 2.14. The first-order valence-electron chi connectivity index (χ1n) is 7.33. The molecule has 1 amide bonds. The average Bonchev–Trinajstić information content (AvgIpc) is 3.04. The molecule has 0 radical (unpaired) electrons. The summed E-state index contributed by atoms with van der Waals surface area (Å²) in [4.78, 5) is 19.5. The molecule has 5 nitrogen and oxygen atoms in total. The number of nitrogens with one attached hydrogen (secondary N) is 3. The van der Waals surface area contributed by atoms with E-state index in [1.807, 2.05) is 49.4 Å². The normalized spacial score (nSPS) is 10.4. The van der Waals surface area contributed by atoms with Crippen molar-refractivity contribution >= 4 is 45.5 Å². The standard InChI is InChI=1S/C17H16N4OS2/c1-10-7-8-15(24-10)14-9-12(16(22)20-21-17(23)18-2)11-5-3-4-6-13(11)19-14/h3-9H,1-2H3,(H,20,22)(H2,18,21,23). The Balaban J connectivity index is 2.04. The Kier molecular flexibility index (Phi) is 4.73. The van der Waals surface area contributed by atoms with E-state index in [2.05, 4.69) is 21.2 Å². The lowest BCUT2D eigenvalue weighted by molar-refractivity contribution is 0.0945. The second kappa shape index (κ2) is 6.94. The smallest absolute Gasteiger partial charge is 0.270 e. The fourth-order valence-electron chi connectivity index (χ4n) is 2.31. The molecular formula is C17H16N4OS2. The maximum atomic E-state index is 12.6. The van der Waals surface area contributed by atoms with E-state index >= 15 is 0 Å². The van der Waals surface area contributed by atoms with Crippen LogP contribution in [0.4, 0.5) is 0 Å². The van der Waals surface area contributed by atoms with Gasteiger partial charge in [-0.2, -0.15) is 0 Å². The van der Waals surface area contributed by atoms with Crippen LogP contribution in [0.2, 0.25) is 0 Å². The fourth-order valence-corrected chi connectivity index (χ4v) is 3.18. The number of nitrogens with zero attached hydrogens (tertiary/aromatic N) is 1. The van der Waals surface area contributed by atoms with Gasteiger partial charge in [0.05, 0.1) is 21.7 Å². The third-order valence-electron chi connectivity index (χ3n) is 3.47. The van der Waals surface area contributed by atoms with E-state index in [0.717, 1.165) is 21.5 Å². The summed E-state index contributed by atoms with van der Waals surface area (Å²) in [5.74, 6) is -0.263. The first-order chi connectivity index (χ1) is 11.6. The molecule has 0 bridgehead atoms. The summed E-state index contributed by atoms with van der Waals surface area (Å²) in [5.41, 5.74) is 7.38. The van der Waals surface area contributed by atoms with Crippen molar-refractivity contribution < 1.29 is 4.79 Å². The molecule has 0 aliphatic heterocycles. The topological polar surface area (TPSA) is 66.0 Å². The highest BCUT2D eigenvalue weighted by molar-refractivity contribution is 7.80. The summed E-state index contributed by atoms with van der Waals surface area (Å²) in [5, 5.41) is 3.88. The van der Waals surface area contributed by atoms with Crippen LogP contribution in [0.5, 0.6) is 0 Å². The van der Waals surface area contributed by atoms with Crippen LogP contribution >= 0.6 is 23.6 Å². The minimum atomic E-state index is -0.263. The maximum absolute atomic E-state index is 12.6. The molecule has 122 valence electrons. The molecule has 0 spiro atoms. The lowest BCUT2D eigenvalue weighted by Gasteiger charge is -2.11. The highest BCUT2D eigenvalue weighted by Crippen LogP contribution is 2.29. The Morgan fingerprint density at radius 2 is 1.96 bits per heavy atom. The summed E-state index contributed by atoms with van der Waals surface area (Å²) < 4.78 is 0. The van der Waals surface area contributed by atoms with Crippen LogP contribution in [-0.2, 0) is 0 Å². The molecule has 3 rings (SSSR count). The Labute approximate surface area is 149 Å². The first-order valence-corrected chi connectivity index (χ1v) is 8.55. The number of rotatable bonds is 2. The molecule has 0 fully saturated rings. The summed E-state index contributed by atoms with van der Waals surface area (Å²) >= 11 is 6.63. The number of carbonyl (C=O) groups is 1. The van der Waals surface area contributed by atoms with E-state index in [1.54, 1.807) is 18.4 Å². The molecule has 2 heterocycles. The minimum Gasteiger partial charge on any atom is -0.364 e. The Morgan fingerprint density at radius 3 is 2.67 bits per heavy atom. The SMILES string of the molecule is CNC(=S)NNC(=O)c1cc(-c2ccc(C)s2)nc2ccccc12. The van der Waals surface area contributed by atoms with Crippen molar-refractivity contribution in [3.8, 4) is 10.6 Å². The number of fused-ring (bicyclic) bond motifs is 1. The number of amides is 1. The van der Waals surface area contributed by atoms with Gasteiger partial charge < -0.3 is 5.32 Å². The molecule has 0 saturated carbocycles. The largest absolute Gasteiger partial charge is 0.364 e. The number of aryl methyl sites for hydroxylation is 1. The van der Waals surface area contributed by atoms with E-state index < -0.39 is 0 Å². The molecule has 3 aromatic rings. The molecule has 3 N–H and O–H groups in total. The van der Waals surface area contributed by atoms with E-state index in [4.69, 9.17) is 12.2 Å². The Hall–Kier alpha value is -2.51. The van der Waals surface area contributed by atoms with Gasteiger partial charge in [0, 0.05) is 17.3 Å². The van der Waals surface area contributed by atoms with Crippen molar-refractivity contribution in [2.75, 3.05) is 7.05 Å². The quantitative estimate of drug-likeness (QED) is 0.487. The number of thiocarbonyl (C=S) groups is 1. The van der Waals surface area contributed by atoms with Crippen LogP contribution in [0.3, 0.4) is 0 Å². The molecule has 0 atom stereocenters. The third-order valence-corrected chi connectivity index (χ3v) is 4.80. The van der Waals surface area contributed by atoms with Crippen molar-refractivity contribution in [2.24, 2.45) is 0 Å². The number of thiophene rings is 1. The molecular weight excluding hydrogens is 340 g/mol. The summed E-state index contributed by atoms with van der Waals surface area (Å²) in [6.45, 7) is 2.05. The zero-order chi connectivity index (χ0) is 17.1. The third kappa shape index (κ3) is 3.37. The number of carbonyl (C=O) groups excluding carboxylic acids is 1. The summed E-state index contributed by atoms with van der Waals surface area (Å²) in [6.07, 6.45) is 0. The maximum Gasteiger partial charge on any atom is 0.270 e. The average molecular weight is 356 g/mol. The number of pyridine rings is 1. The molecule has 0 unspecified atom stereocenters. The second-order valence-corrected chi connectivity index (χ2v) is 6.84. The number of hydrogen-bond acceptors (Lipinski definition) is 4. The number of hydrogen-bond donors (Lipinski definition) is 3. The van der Waals surface area contributed by atoms with Crippen molar-refractivity contribution in [3.05, 3.63) is 52.9 Å². The number of aromatic nitrogens is 1. The van der Waals surface area contributed by atoms with Crippen LogP contribution in [0.25, 0.3) is 21.5 Å². The van der Waals surface area contributed by atoms with Crippen LogP contribution in [-0.4, -0.2) is 23.1 Å². The van der Waals surface area contributed by atoms with Gasteiger partial charge in [-0.15, -0.1) is 11.3 Å². The van der Waals surface area contributed by atoms with Gasteiger partial charge in [-0.05, 0) is 43.4 Å². The molecule has 7 heteroatoms. The monoisotopic (exact) mass is 356 g/mol. The van der Waals surface area contributed by atoms with E-state index in [9.17, 15) is 4.79 Å². The van der Waals surface area contributed by atoms with Crippen molar-refractivity contribution in [3.63, 3.8) is 0 Å². The fraction of sp³-hybridized carbons (Fsp3) is 0.118. The lowest BCUT2D eigenvalue weighted by atomic mass is 10.1. The van der Waals surface area contributed by atoms with Gasteiger partial charge in [0.15, 0.2) is 5.11 Å². The number of para-hydroxylation sites is 1. The zero-order valence-electron chi connectivity index (χ0n) is 13.2. The second-order valence-electron chi connectivity index (χ2n) is 5.14. The van der Waals surface area contributed by atoms with Crippen molar-refractivity contribution in [1.29, 1.82) is 0 Å². The zero-order valence-corrected chi connectivity index (χ0v) is 14.8. The van der Waals surface area contributed by atoms with Gasteiger partial charge in [-0.25, -0.2) is 4.98 Å². The molecule has 0 aliphatic carbocycles. The molecule has 2 aromatic heterocycles. The van der Waals surface area contributed by atoms with E-state index in [1.165, 1.54) is 4.88 Å². The van der Waals surface area contributed by atoms with Crippen molar-refractivity contribution in [2.45, 2.75) is 6.92 Å². The van der Waals surface area contributed by atoms with Crippen LogP contribution in [0.15, 0.2) is 42.5 Å². The van der Waals surface area contributed by atoms with Crippen LogP contribution < -0.4 is 16.2 Å². The predicted molar refractivity (Wildman–Crippen MR) is 102 cm³/mol. The van der Waals surface area contributed by atoms with Gasteiger partial charge >= 0.3 is 0 Å². The van der Waals surface area contributed by atoms with Gasteiger partial charge in [-0.3, -0.25) is 15.6 Å². The first kappa shape index (κ1) is 16.4. The molecule has 0 aliphatic rings. The van der Waals surface area contributed by atoms with Gasteiger partial charge in [0.1, 0.15) is 0 Å². The Morgan fingerprint density at radius 1 is 1.17 bits per heavy atom. The van der Waals surface area contributed by atoms with Gasteiger partial charge in [-0.1, -0.05) is 18.2 Å². The summed E-state index contributed by atoms with van der Waals surface area (Å²) in [6, 6.07) is 13.5. The molecule has 1 aromatic carbocycles. The van der Waals surface area contributed by atoms with E-state index in [-0.39, 0.29) is 5.91 Å². The molecule has 0 saturated heterocycles. The van der Waals surface area contributed by atoms with Crippen LogP contribution in [0.1, 0.15) is 15.2 Å². The van der Waals surface area contributed by atoms with Gasteiger partial charge in [0.25, 0.3) is 5.91 Å². The highest BCUT2D eigenvalue weighted by atomic mass is 32.1. The Bertz CT molecular complexity index is 920. The van der Waals surface area contributed by atoms with E-state index in [0.29, 0.717) is 10.7 Å². The number of hydrazine groups is 1. The number of benzene rings is 1.